The summed E-state index contributed by atoms with van der Waals surface area (Å²) in [5, 5.41) is 6.52. The van der Waals surface area contributed by atoms with Crippen LogP contribution >= 0.6 is 0 Å². The lowest BCUT2D eigenvalue weighted by molar-refractivity contribution is 0.398. The summed E-state index contributed by atoms with van der Waals surface area (Å²) in [6.45, 7) is 3.95. The average molecular weight is 359 g/mol. The normalized spacial score (nSPS) is 11.2. The first kappa shape index (κ1) is 19.6. The molecule has 5 nitrogen and oxygen atoms in total. The summed E-state index contributed by atoms with van der Waals surface area (Å²) in [5.74, 6) is 2.12. The third-order valence-corrected chi connectivity index (χ3v) is 3.85. The van der Waals surface area contributed by atoms with E-state index in [1.165, 1.54) is 12.1 Å². The molecule has 0 saturated carbocycles. The van der Waals surface area contributed by atoms with E-state index in [1.807, 2.05) is 25.1 Å². The second-order valence-corrected chi connectivity index (χ2v) is 5.68. The van der Waals surface area contributed by atoms with Crippen LogP contribution in [0.1, 0.15) is 18.1 Å². The lowest BCUT2D eigenvalue weighted by atomic mass is 10.1. The van der Waals surface area contributed by atoms with Gasteiger partial charge in [0, 0.05) is 13.1 Å². The zero-order valence-corrected chi connectivity index (χ0v) is 15.5. The van der Waals surface area contributed by atoms with Gasteiger partial charge in [0.25, 0.3) is 0 Å². The molecule has 2 aromatic rings. The molecule has 0 atom stereocenters. The molecule has 0 heterocycles. The highest BCUT2D eigenvalue weighted by atomic mass is 19.1. The summed E-state index contributed by atoms with van der Waals surface area (Å²) in [5.41, 5.74) is 2.02. The van der Waals surface area contributed by atoms with Crippen molar-refractivity contribution in [2.24, 2.45) is 4.99 Å². The van der Waals surface area contributed by atoms with E-state index in [0.717, 1.165) is 41.6 Å². The van der Waals surface area contributed by atoms with Crippen molar-refractivity contribution in [3.8, 4) is 11.5 Å². The molecule has 0 saturated heterocycles. The van der Waals surface area contributed by atoms with Crippen molar-refractivity contribution in [1.29, 1.82) is 0 Å². The van der Waals surface area contributed by atoms with Gasteiger partial charge in [-0.25, -0.2) is 9.38 Å². The summed E-state index contributed by atoms with van der Waals surface area (Å²) in [6, 6.07) is 12.1. The SMILES string of the molecule is CCNC(=NCc1ccc(F)cc1)NCCc1cc(OC)ccc1OC. The van der Waals surface area contributed by atoms with Crippen LogP contribution in [-0.4, -0.2) is 33.3 Å². The molecule has 0 bridgehead atoms. The van der Waals surface area contributed by atoms with Crippen molar-refractivity contribution < 1.29 is 13.9 Å². The van der Waals surface area contributed by atoms with Crippen LogP contribution < -0.4 is 20.1 Å². The number of hydrogen-bond donors (Lipinski definition) is 2. The molecule has 0 aliphatic heterocycles. The van der Waals surface area contributed by atoms with Gasteiger partial charge in [0.2, 0.25) is 0 Å². The molecule has 2 aromatic carbocycles. The fourth-order valence-corrected chi connectivity index (χ4v) is 2.49. The highest BCUT2D eigenvalue weighted by Crippen LogP contribution is 2.24. The van der Waals surface area contributed by atoms with Gasteiger partial charge in [-0.1, -0.05) is 12.1 Å². The standard InChI is InChI=1S/C20H26FN3O2/c1-4-22-20(24-14-15-5-7-17(21)8-6-15)23-12-11-16-13-18(25-2)9-10-19(16)26-3/h5-10,13H,4,11-12,14H2,1-3H3,(H2,22,23,24). The number of aliphatic imine (C=N–C) groups is 1. The van der Waals surface area contributed by atoms with E-state index >= 15 is 0 Å². The van der Waals surface area contributed by atoms with E-state index in [2.05, 4.69) is 15.6 Å². The summed E-state index contributed by atoms with van der Waals surface area (Å²) < 4.78 is 23.7. The number of benzene rings is 2. The van der Waals surface area contributed by atoms with Gasteiger partial charge in [-0.15, -0.1) is 0 Å². The Labute approximate surface area is 154 Å². The second-order valence-electron chi connectivity index (χ2n) is 5.68. The third kappa shape index (κ3) is 5.95. The maximum atomic E-state index is 13.0. The van der Waals surface area contributed by atoms with E-state index < -0.39 is 0 Å². The average Bonchev–Trinajstić information content (AvgIpc) is 2.67. The lowest BCUT2D eigenvalue weighted by Crippen LogP contribution is -2.38. The molecule has 0 fully saturated rings. The maximum absolute atomic E-state index is 13.0. The largest absolute Gasteiger partial charge is 0.497 e. The Balaban J connectivity index is 1.95. The van der Waals surface area contributed by atoms with Gasteiger partial charge in [0.15, 0.2) is 5.96 Å². The molecule has 0 aliphatic rings. The fraction of sp³-hybridized carbons (Fsp3) is 0.350. The van der Waals surface area contributed by atoms with E-state index in [4.69, 9.17) is 9.47 Å². The molecule has 0 aromatic heterocycles. The Bertz CT molecular complexity index is 717. The fourth-order valence-electron chi connectivity index (χ4n) is 2.49. The van der Waals surface area contributed by atoms with Crippen molar-refractivity contribution in [2.75, 3.05) is 27.3 Å². The molecule has 0 aliphatic carbocycles. The van der Waals surface area contributed by atoms with Crippen LogP contribution in [0.15, 0.2) is 47.5 Å². The Morgan fingerprint density at radius 3 is 2.46 bits per heavy atom. The highest BCUT2D eigenvalue weighted by Gasteiger charge is 2.06. The van der Waals surface area contributed by atoms with E-state index in [-0.39, 0.29) is 5.82 Å². The number of hydrogen-bond acceptors (Lipinski definition) is 3. The topological polar surface area (TPSA) is 54.9 Å². The zero-order chi connectivity index (χ0) is 18.8. The molecule has 140 valence electrons. The van der Waals surface area contributed by atoms with Gasteiger partial charge >= 0.3 is 0 Å². The number of halogens is 1. The minimum absolute atomic E-state index is 0.241. The summed E-state index contributed by atoms with van der Waals surface area (Å²) in [6.07, 6.45) is 0.765. The molecular formula is C20H26FN3O2. The van der Waals surface area contributed by atoms with Gasteiger partial charge < -0.3 is 20.1 Å². The molecule has 0 spiro atoms. The number of rotatable bonds is 8. The minimum Gasteiger partial charge on any atom is -0.497 e. The maximum Gasteiger partial charge on any atom is 0.191 e. The Morgan fingerprint density at radius 2 is 1.81 bits per heavy atom. The first-order valence-corrected chi connectivity index (χ1v) is 8.63. The quantitative estimate of drug-likeness (QED) is 0.562. The van der Waals surface area contributed by atoms with Crippen molar-refractivity contribution in [1.82, 2.24) is 10.6 Å². The molecule has 2 rings (SSSR count). The Hall–Kier alpha value is -2.76. The van der Waals surface area contributed by atoms with E-state index in [1.54, 1.807) is 26.4 Å². The Kier molecular flexibility index (Phi) is 7.74. The molecular weight excluding hydrogens is 333 g/mol. The van der Waals surface area contributed by atoms with E-state index in [0.29, 0.717) is 13.1 Å². The molecule has 2 N–H and O–H groups in total. The smallest absolute Gasteiger partial charge is 0.191 e. The number of nitrogens with zero attached hydrogens (tertiary/aromatic N) is 1. The number of methoxy groups -OCH3 is 2. The van der Waals surface area contributed by atoms with Gasteiger partial charge in [0.05, 0.1) is 20.8 Å². The van der Waals surface area contributed by atoms with Crippen LogP contribution in [0.3, 0.4) is 0 Å². The molecule has 0 unspecified atom stereocenters. The summed E-state index contributed by atoms with van der Waals surface area (Å²) in [7, 11) is 3.31. The van der Waals surface area contributed by atoms with Crippen molar-refractivity contribution in [2.45, 2.75) is 19.9 Å². The third-order valence-electron chi connectivity index (χ3n) is 3.85. The predicted molar refractivity (Wildman–Crippen MR) is 102 cm³/mol. The van der Waals surface area contributed by atoms with Crippen molar-refractivity contribution in [3.05, 3.63) is 59.4 Å². The minimum atomic E-state index is -0.241. The van der Waals surface area contributed by atoms with Crippen LogP contribution in [0, 0.1) is 5.82 Å². The lowest BCUT2D eigenvalue weighted by Gasteiger charge is -2.13. The van der Waals surface area contributed by atoms with Gasteiger partial charge in [-0.2, -0.15) is 0 Å². The van der Waals surface area contributed by atoms with Gasteiger partial charge in [-0.05, 0) is 54.8 Å². The summed E-state index contributed by atoms with van der Waals surface area (Å²) >= 11 is 0. The number of ether oxygens (including phenoxy) is 2. The molecule has 0 amide bonds. The second kappa shape index (κ2) is 10.3. The van der Waals surface area contributed by atoms with Crippen LogP contribution in [0.5, 0.6) is 11.5 Å². The van der Waals surface area contributed by atoms with Crippen LogP contribution in [0.25, 0.3) is 0 Å². The van der Waals surface area contributed by atoms with Crippen LogP contribution in [0.2, 0.25) is 0 Å². The highest BCUT2D eigenvalue weighted by molar-refractivity contribution is 5.79. The van der Waals surface area contributed by atoms with Crippen LogP contribution in [-0.2, 0) is 13.0 Å². The monoisotopic (exact) mass is 359 g/mol. The van der Waals surface area contributed by atoms with E-state index in [9.17, 15) is 4.39 Å². The van der Waals surface area contributed by atoms with Gasteiger partial charge in [0.1, 0.15) is 17.3 Å². The first-order valence-electron chi connectivity index (χ1n) is 8.63. The summed E-state index contributed by atoms with van der Waals surface area (Å²) in [4.78, 5) is 4.54. The predicted octanol–water partition coefficient (Wildman–Crippen LogP) is 3.14. The van der Waals surface area contributed by atoms with Crippen LogP contribution in [0.4, 0.5) is 4.39 Å². The zero-order valence-electron chi connectivity index (χ0n) is 15.5. The Morgan fingerprint density at radius 1 is 1.04 bits per heavy atom. The number of nitrogens with one attached hydrogen (secondary N) is 2. The van der Waals surface area contributed by atoms with Crippen molar-refractivity contribution >= 4 is 5.96 Å². The van der Waals surface area contributed by atoms with Crippen molar-refractivity contribution in [3.63, 3.8) is 0 Å². The first-order chi connectivity index (χ1) is 12.7. The number of guanidine groups is 1. The molecule has 26 heavy (non-hydrogen) atoms. The molecule has 0 radical (unpaired) electrons. The molecule has 6 heteroatoms. The van der Waals surface area contributed by atoms with Gasteiger partial charge in [-0.3, -0.25) is 0 Å².